The maximum absolute atomic E-state index is 13.0. The molecule has 2 amide bonds. The third-order valence-corrected chi connectivity index (χ3v) is 5.98. The zero-order valence-electron chi connectivity index (χ0n) is 18.1. The molecule has 0 bridgehead atoms. The molecule has 0 spiro atoms. The number of aromatic nitrogens is 3. The van der Waals surface area contributed by atoms with Crippen LogP contribution in [-0.4, -0.2) is 44.6 Å². The Morgan fingerprint density at radius 3 is 2.66 bits per heavy atom. The average molecular weight is 450 g/mol. The number of hydrogen-bond acceptors (Lipinski definition) is 4. The molecule has 4 rings (SSSR count). The average Bonchev–Trinajstić information content (AvgIpc) is 3.18. The van der Waals surface area contributed by atoms with Crippen molar-refractivity contribution in [3.8, 4) is 11.4 Å². The Morgan fingerprint density at radius 2 is 1.88 bits per heavy atom. The summed E-state index contributed by atoms with van der Waals surface area (Å²) < 4.78 is 2.30. The third kappa shape index (κ3) is 4.96. The molecule has 2 N–H and O–H groups in total. The summed E-state index contributed by atoms with van der Waals surface area (Å²) >= 11 is 5.38. The maximum atomic E-state index is 13.0. The van der Waals surface area contributed by atoms with Crippen molar-refractivity contribution in [2.75, 3.05) is 18.4 Å². The number of amides is 2. The highest BCUT2D eigenvalue weighted by molar-refractivity contribution is 7.71. The predicted molar refractivity (Wildman–Crippen MR) is 127 cm³/mol. The first-order valence-electron chi connectivity index (χ1n) is 10.9. The second-order valence-corrected chi connectivity index (χ2v) is 8.46. The molecule has 7 nitrogen and oxygen atoms in total. The number of H-pyrrole nitrogens is 1. The van der Waals surface area contributed by atoms with E-state index in [9.17, 15) is 9.59 Å². The first-order chi connectivity index (χ1) is 15.5. The highest BCUT2D eigenvalue weighted by Crippen LogP contribution is 2.21. The van der Waals surface area contributed by atoms with E-state index < -0.39 is 0 Å². The molecule has 0 saturated carbocycles. The van der Waals surface area contributed by atoms with Crippen molar-refractivity contribution in [3.63, 3.8) is 0 Å². The Hall–Kier alpha value is -3.26. The van der Waals surface area contributed by atoms with E-state index in [1.807, 2.05) is 52.8 Å². The first-order valence-corrected chi connectivity index (χ1v) is 11.3. The van der Waals surface area contributed by atoms with Crippen molar-refractivity contribution >= 4 is 29.7 Å². The number of nitrogens with zero attached hydrogens (tertiary/aromatic N) is 3. The zero-order chi connectivity index (χ0) is 22.5. The summed E-state index contributed by atoms with van der Waals surface area (Å²) in [7, 11) is 0. The molecule has 1 aliphatic rings. The van der Waals surface area contributed by atoms with E-state index in [0.29, 0.717) is 28.4 Å². The van der Waals surface area contributed by atoms with Gasteiger partial charge in [-0.1, -0.05) is 35.9 Å². The number of benzene rings is 2. The van der Waals surface area contributed by atoms with E-state index in [-0.39, 0.29) is 18.2 Å². The molecule has 0 atom stereocenters. The van der Waals surface area contributed by atoms with Crippen LogP contribution < -0.4 is 5.32 Å². The lowest BCUT2D eigenvalue weighted by Crippen LogP contribution is -2.36. The van der Waals surface area contributed by atoms with Crippen molar-refractivity contribution in [2.24, 2.45) is 0 Å². The quantitative estimate of drug-likeness (QED) is 0.540. The number of hydrogen-bond donors (Lipinski definition) is 2. The number of para-hydroxylation sites is 1. The molecule has 1 saturated heterocycles. The zero-order valence-corrected chi connectivity index (χ0v) is 19.0. The fraction of sp³-hybridized carbons (Fsp3) is 0.333. The van der Waals surface area contributed by atoms with E-state index in [4.69, 9.17) is 12.2 Å². The normalized spacial score (nSPS) is 13.7. The molecule has 1 fully saturated rings. The summed E-state index contributed by atoms with van der Waals surface area (Å²) in [4.78, 5) is 27.6. The van der Waals surface area contributed by atoms with Crippen LogP contribution in [0.15, 0.2) is 48.5 Å². The topological polar surface area (TPSA) is 83.0 Å². The lowest BCUT2D eigenvalue weighted by atomic mass is 10.1. The lowest BCUT2D eigenvalue weighted by molar-refractivity contribution is -0.116. The van der Waals surface area contributed by atoms with Crippen molar-refractivity contribution in [1.29, 1.82) is 0 Å². The lowest BCUT2D eigenvalue weighted by Gasteiger charge is -2.27. The maximum Gasteiger partial charge on any atom is 0.255 e. The van der Waals surface area contributed by atoms with Crippen molar-refractivity contribution in [2.45, 2.75) is 39.2 Å². The van der Waals surface area contributed by atoms with Gasteiger partial charge in [0.15, 0.2) is 10.6 Å². The number of aryl methyl sites for hydroxylation is 1. The molecular weight excluding hydrogens is 422 g/mol. The number of likely N-dealkylation sites (tertiary alicyclic amines) is 1. The van der Waals surface area contributed by atoms with Crippen molar-refractivity contribution < 1.29 is 9.59 Å². The Kier molecular flexibility index (Phi) is 6.80. The Labute approximate surface area is 192 Å². The summed E-state index contributed by atoms with van der Waals surface area (Å²) in [5, 5.41) is 10.1. The minimum atomic E-state index is -0.179. The van der Waals surface area contributed by atoms with Gasteiger partial charge in [0, 0.05) is 31.6 Å². The molecule has 8 heteroatoms. The van der Waals surface area contributed by atoms with E-state index in [0.717, 1.165) is 43.5 Å². The summed E-state index contributed by atoms with van der Waals surface area (Å²) in [5.74, 6) is 0.494. The third-order valence-electron chi connectivity index (χ3n) is 5.67. The van der Waals surface area contributed by atoms with Crippen LogP contribution in [0, 0.1) is 11.7 Å². The molecule has 2 aromatic carbocycles. The molecule has 2 heterocycles. The van der Waals surface area contributed by atoms with Gasteiger partial charge in [0.05, 0.1) is 11.3 Å². The van der Waals surface area contributed by atoms with Crippen molar-refractivity contribution in [3.05, 3.63) is 64.4 Å². The Balaban J connectivity index is 1.45. The SMILES string of the molecule is Cc1cccc(-c2n[nH]c(=S)n2CCC(=O)Nc2ccccc2C(=O)N2CCCCC2)c1. The molecule has 0 unspecified atom stereocenters. The Morgan fingerprint density at radius 1 is 1.09 bits per heavy atom. The number of aromatic amines is 1. The van der Waals surface area contributed by atoms with Gasteiger partial charge in [-0.05, 0) is 56.6 Å². The summed E-state index contributed by atoms with van der Waals surface area (Å²) in [6, 6.07) is 15.2. The fourth-order valence-corrected chi connectivity index (χ4v) is 4.23. The molecule has 0 radical (unpaired) electrons. The second kappa shape index (κ2) is 9.91. The number of anilines is 1. The van der Waals surface area contributed by atoms with E-state index in [2.05, 4.69) is 15.5 Å². The molecule has 3 aromatic rings. The molecule has 166 valence electrons. The smallest absolute Gasteiger partial charge is 0.255 e. The minimum absolute atomic E-state index is 0.0283. The van der Waals surface area contributed by atoms with Crippen LogP contribution >= 0.6 is 12.2 Å². The molecular formula is C24H27N5O2S. The number of rotatable bonds is 6. The summed E-state index contributed by atoms with van der Waals surface area (Å²) in [6.07, 6.45) is 3.41. The van der Waals surface area contributed by atoms with Gasteiger partial charge in [-0.25, -0.2) is 0 Å². The highest BCUT2D eigenvalue weighted by atomic mass is 32.1. The van der Waals surface area contributed by atoms with Crippen LogP contribution in [0.4, 0.5) is 5.69 Å². The van der Waals surface area contributed by atoms with Crippen LogP contribution in [-0.2, 0) is 11.3 Å². The van der Waals surface area contributed by atoms with Gasteiger partial charge in [0.25, 0.3) is 5.91 Å². The van der Waals surface area contributed by atoms with Crippen LogP contribution in [0.2, 0.25) is 0 Å². The van der Waals surface area contributed by atoms with Crippen molar-refractivity contribution in [1.82, 2.24) is 19.7 Å². The minimum Gasteiger partial charge on any atom is -0.339 e. The second-order valence-electron chi connectivity index (χ2n) is 8.07. The number of nitrogens with one attached hydrogen (secondary N) is 2. The largest absolute Gasteiger partial charge is 0.339 e. The van der Waals surface area contributed by atoms with E-state index >= 15 is 0 Å². The van der Waals surface area contributed by atoms with Crippen LogP contribution in [0.1, 0.15) is 41.6 Å². The van der Waals surface area contributed by atoms with Gasteiger partial charge in [0.2, 0.25) is 5.91 Å². The van der Waals surface area contributed by atoms with Crippen LogP contribution in [0.5, 0.6) is 0 Å². The van der Waals surface area contributed by atoms with E-state index in [1.54, 1.807) is 12.1 Å². The standard InChI is InChI=1S/C24H27N5O2S/c1-17-8-7-9-18(16-17)22-26-27-24(32)29(22)15-12-21(30)25-20-11-4-3-10-19(20)23(31)28-13-5-2-6-14-28/h3-4,7-11,16H,2,5-6,12-15H2,1H3,(H,25,30)(H,27,32). The number of carbonyl (C=O) groups is 2. The summed E-state index contributed by atoms with van der Waals surface area (Å²) in [5.41, 5.74) is 3.14. The molecule has 1 aromatic heterocycles. The van der Waals surface area contributed by atoms with Gasteiger partial charge in [-0.3, -0.25) is 19.3 Å². The van der Waals surface area contributed by atoms with Gasteiger partial charge in [-0.15, -0.1) is 0 Å². The van der Waals surface area contributed by atoms with Gasteiger partial charge < -0.3 is 10.2 Å². The highest BCUT2D eigenvalue weighted by Gasteiger charge is 2.21. The Bertz CT molecular complexity index is 1180. The predicted octanol–water partition coefficient (Wildman–Crippen LogP) is 4.57. The van der Waals surface area contributed by atoms with E-state index in [1.165, 1.54) is 0 Å². The van der Waals surface area contributed by atoms with Gasteiger partial charge >= 0.3 is 0 Å². The molecule has 32 heavy (non-hydrogen) atoms. The van der Waals surface area contributed by atoms with Crippen LogP contribution in [0.25, 0.3) is 11.4 Å². The van der Waals surface area contributed by atoms with Gasteiger partial charge in [0.1, 0.15) is 0 Å². The fourth-order valence-electron chi connectivity index (χ4n) is 4.00. The monoisotopic (exact) mass is 449 g/mol. The van der Waals surface area contributed by atoms with Gasteiger partial charge in [-0.2, -0.15) is 5.10 Å². The first kappa shape index (κ1) is 22.0. The molecule has 1 aliphatic heterocycles. The number of piperidine rings is 1. The van der Waals surface area contributed by atoms with Crippen LogP contribution in [0.3, 0.4) is 0 Å². The number of carbonyl (C=O) groups excluding carboxylic acids is 2. The molecule has 0 aliphatic carbocycles. The summed E-state index contributed by atoms with van der Waals surface area (Å²) in [6.45, 7) is 3.93.